The van der Waals surface area contributed by atoms with E-state index in [4.69, 9.17) is 20.4 Å². The fourth-order valence-electron chi connectivity index (χ4n) is 0.426. The molecule has 0 fully saturated rings. The first-order valence-corrected chi connectivity index (χ1v) is 5.68. The molecule has 0 saturated carbocycles. The Labute approximate surface area is 117 Å². The van der Waals surface area contributed by atoms with Gasteiger partial charge in [-0.15, -0.1) is 0 Å². The van der Waals surface area contributed by atoms with Gasteiger partial charge in [-0.3, -0.25) is 19.2 Å². The minimum Gasteiger partial charge on any atom is -0.481 e. The topological polar surface area (TPSA) is 149 Å². The molecule has 0 aliphatic carbocycles. The van der Waals surface area contributed by atoms with Gasteiger partial charge in [0.1, 0.15) is 24.4 Å². The van der Waals surface area contributed by atoms with Crippen molar-refractivity contribution in [2.75, 3.05) is 0 Å². The van der Waals surface area contributed by atoms with Gasteiger partial charge in [-0.05, 0) is 27.7 Å². The molecule has 0 heterocycles. The van der Waals surface area contributed by atoms with Crippen molar-refractivity contribution < 1.29 is 39.6 Å². The van der Waals surface area contributed by atoms with E-state index in [-0.39, 0.29) is 24.4 Å². The molecule has 0 aliphatic heterocycles. The number of carboxylic acids is 2. The number of Topliss-reactive ketones (excluding diaryl/α,β-unsaturated/α-hetero) is 2. The standard InChI is InChI=1S/2C4H6O3.C4H10O2/c2*1-3(5)2-4(6)7;1-3(5)4(2)6/h2*2H2,1H3,(H,6,7);3-6H,1-2H3. The number of ketones is 2. The van der Waals surface area contributed by atoms with Crippen LogP contribution in [-0.4, -0.2) is 56.1 Å². The minimum atomic E-state index is -1.06. The molecular weight excluding hydrogens is 272 g/mol. The zero-order chi connectivity index (χ0) is 16.9. The summed E-state index contributed by atoms with van der Waals surface area (Å²) in [5.41, 5.74) is 0. The van der Waals surface area contributed by atoms with Gasteiger partial charge in [0.2, 0.25) is 0 Å². The minimum absolute atomic E-state index is 0.312. The smallest absolute Gasteiger partial charge is 0.310 e. The molecule has 0 spiro atoms. The second kappa shape index (κ2) is 13.6. The predicted molar refractivity (Wildman–Crippen MR) is 69.2 cm³/mol. The number of carbonyl (C=O) groups excluding carboxylic acids is 2. The van der Waals surface area contributed by atoms with E-state index >= 15 is 0 Å². The first kappa shape index (κ1) is 23.3. The molecule has 8 nitrogen and oxygen atoms in total. The molecule has 2 unspecified atom stereocenters. The number of carboxylic acid groups (broad SMARTS) is 2. The van der Waals surface area contributed by atoms with Crippen LogP contribution in [0.2, 0.25) is 0 Å². The Hall–Kier alpha value is -1.80. The second-order valence-electron chi connectivity index (χ2n) is 4.03. The van der Waals surface area contributed by atoms with E-state index in [2.05, 4.69) is 0 Å². The van der Waals surface area contributed by atoms with Crippen LogP contribution in [0.25, 0.3) is 0 Å². The van der Waals surface area contributed by atoms with Crippen LogP contribution in [0.4, 0.5) is 0 Å². The van der Waals surface area contributed by atoms with Gasteiger partial charge in [0.25, 0.3) is 0 Å². The highest BCUT2D eigenvalue weighted by Gasteiger charge is 2.00. The van der Waals surface area contributed by atoms with Crippen molar-refractivity contribution in [3.05, 3.63) is 0 Å². The molecule has 20 heavy (non-hydrogen) atoms. The van der Waals surface area contributed by atoms with E-state index in [1.807, 2.05) is 0 Å². The van der Waals surface area contributed by atoms with E-state index in [1.165, 1.54) is 13.8 Å². The summed E-state index contributed by atoms with van der Waals surface area (Å²) in [6, 6.07) is 0. The maximum Gasteiger partial charge on any atom is 0.310 e. The Morgan fingerprint density at radius 1 is 0.750 bits per heavy atom. The van der Waals surface area contributed by atoms with Crippen LogP contribution < -0.4 is 0 Å². The Kier molecular flexibility index (Phi) is 15.9. The normalized spacial score (nSPS) is 11.7. The summed E-state index contributed by atoms with van der Waals surface area (Å²) in [5, 5.41) is 32.5. The van der Waals surface area contributed by atoms with Gasteiger partial charge in [0.05, 0.1) is 12.2 Å². The van der Waals surface area contributed by atoms with Gasteiger partial charge in [-0.25, -0.2) is 0 Å². The van der Waals surface area contributed by atoms with E-state index in [1.54, 1.807) is 13.8 Å². The van der Waals surface area contributed by atoms with E-state index < -0.39 is 24.1 Å². The molecule has 0 aromatic heterocycles. The van der Waals surface area contributed by atoms with E-state index in [0.717, 1.165) is 0 Å². The predicted octanol–water partition coefficient (Wildman–Crippen LogP) is -0.152. The number of hydrogen-bond acceptors (Lipinski definition) is 6. The molecule has 118 valence electrons. The zero-order valence-corrected chi connectivity index (χ0v) is 12.0. The lowest BCUT2D eigenvalue weighted by Crippen LogP contribution is -2.17. The molecule has 4 N–H and O–H groups in total. The number of aliphatic hydroxyl groups excluding tert-OH is 2. The summed E-state index contributed by atoms with van der Waals surface area (Å²) in [6.45, 7) is 5.58. The van der Waals surface area contributed by atoms with Crippen LogP contribution >= 0.6 is 0 Å². The first-order chi connectivity index (χ1) is 8.89. The lowest BCUT2D eigenvalue weighted by Gasteiger charge is -2.03. The van der Waals surface area contributed by atoms with Crippen molar-refractivity contribution >= 4 is 23.5 Å². The summed E-state index contributed by atoms with van der Waals surface area (Å²) in [7, 11) is 0. The molecule has 0 saturated heterocycles. The quantitative estimate of drug-likeness (QED) is 0.511. The maximum absolute atomic E-state index is 9.87. The zero-order valence-electron chi connectivity index (χ0n) is 12.0. The van der Waals surface area contributed by atoms with Gasteiger partial charge in [-0.2, -0.15) is 0 Å². The monoisotopic (exact) mass is 294 g/mol. The number of hydrogen-bond donors (Lipinski definition) is 4. The third-order valence-electron chi connectivity index (χ3n) is 1.50. The second-order valence-corrected chi connectivity index (χ2v) is 4.03. The summed E-state index contributed by atoms with van der Waals surface area (Å²) < 4.78 is 0. The first-order valence-electron chi connectivity index (χ1n) is 5.68. The van der Waals surface area contributed by atoms with Crippen molar-refractivity contribution in [2.45, 2.75) is 52.7 Å². The molecule has 0 bridgehead atoms. The lowest BCUT2D eigenvalue weighted by atomic mass is 10.3. The van der Waals surface area contributed by atoms with Crippen LogP contribution in [0.1, 0.15) is 40.5 Å². The van der Waals surface area contributed by atoms with Crippen LogP contribution in [0.3, 0.4) is 0 Å². The molecule has 0 aliphatic rings. The molecule has 0 aromatic carbocycles. The number of rotatable bonds is 5. The summed E-state index contributed by atoms with van der Waals surface area (Å²) in [4.78, 5) is 38.9. The Morgan fingerprint density at radius 3 is 0.950 bits per heavy atom. The fraction of sp³-hybridized carbons (Fsp3) is 0.667. The van der Waals surface area contributed by atoms with Gasteiger partial charge >= 0.3 is 11.9 Å². The highest BCUT2D eigenvalue weighted by atomic mass is 16.4. The van der Waals surface area contributed by atoms with Crippen LogP contribution in [0, 0.1) is 0 Å². The third kappa shape index (κ3) is 36.0. The van der Waals surface area contributed by atoms with Crippen LogP contribution in [-0.2, 0) is 19.2 Å². The van der Waals surface area contributed by atoms with Crippen LogP contribution in [0.5, 0.6) is 0 Å². The van der Waals surface area contributed by atoms with Crippen molar-refractivity contribution in [1.82, 2.24) is 0 Å². The molecule has 2 atom stereocenters. The van der Waals surface area contributed by atoms with E-state index in [0.29, 0.717) is 0 Å². The van der Waals surface area contributed by atoms with Crippen molar-refractivity contribution in [3.8, 4) is 0 Å². The molecule has 8 heteroatoms. The Bertz CT molecular complexity index is 263. The van der Waals surface area contributed by atoms with Crippen molar-refractivity contribution in [2.24, 2.45) is 0 Å². The van der Waals surface area contributed by atoms with Crippen molar-refractivity contribution in [1.29, 1.82) is 0 Å². The number of carbonyl (C=O) groups is 4. The number of aliphatic hydroxyl groups is 2. The van der Waals surface area contributed by atoms with Crippen LogP contribution in [0.15, 0.2) is 0 Å². The summed E-state index contributed by atoms with van der Waals surface area (Å²) in [6.07, 6.45) is -1.91. The van der Waals surface area contributed by atoms with Gasteiger partial charge < -0.3 is 20.4 Å². The molecule has 0 amide bonds. The fourth-order valence-corrected chi connectivity index (χ4v) is 0.426. The Morgan fingerprint density at radius 2 is 0.950 bits per heavy atom. The number of aliphatic carboxylic acids is 2. The summed E-state index contributed by atoms with van der Waals surface area (Å²) >= 11 is 0. The molecular formula is C12H22O8. The average Bonchev–Trinajstić information content (AvgIpc) is 2.13. The lowest BCUT2D eigenvalue weighted by molar-refractivity contribution is -0.141. The third-order valence-corrected chi connectivity index (χ3v) is 1.50. The van der Waals surface area contributed by atoms with Gasteiger partial charge in [0, 0.05) is 0 Å². The average molecular weight is 294 g/mol. The van der Waals surface area contributed by atoms with E-state index in [9.17, 15) is 19.2 Å². The SMILES string of the molecule is CC(=O)CC(=O)O.CC(=O)CC(=O)O.CC(O)C(C)O. The van der Waals surface area contributed by atoms with Gasteiger partial charge in [-0.1, -0.05) is 0 Å². The largest absolute Gasteiger partial charge is 0.481 e. The Balaban J connectivity index is -0.000000218. The highest BCUT2D eigenvalue weighted by Crippen LogP contribution is 1.85. The molecule has 0 rings (SSSR count). The van der Waals surface area contributed by atoms with Gasteiger partial charge in [0.15, 0.2) is 0 Å². The summed E-state index contributed by atoms with van der Waals surface area (Å²) in [5.74, 6) is -2.75. The highest BCUT2D eigenvalue weighted by molar-refractivity contribution is 5.93. The molecule has 0 aromatic rings. The van der Waals surface area contributed by atoms with Crippen molar-refractivity contribution in [3.63, 3.8) is 0 Å². The maximum atomic E-state index is 9.87. The molecule has 0 radical (unpaired) electrons.